The predicted molar refractivity (Wildman–Crippen MR) is 77.3 cm³/mol. The number of thiocarbonyl (C=S) groups is 1. The van der Waals surface area contributed by atoms with E-state index in [-0.39, 0.29) is 0 Å². The Bertz CT molecular complexity index is 530. The van der Waals surface area contributed by atoms with Gasteiger partial charge in [0, 0.05) is 0 Å². The fourth-order valence-electron chi connectivity index (χ4n) is 1.63. The van der Waals surface area contributed by atoms with Crippen LogP contribution in [0.4, 0.5) is 0 Å². The van der Waals surface area contributed by atoms with Crippen molar-refractivity contribution in [1.82, 2.24) is 0 Å². The summed E-state index contributed by atoms with van der Waals surface area (Å²) in [4.78, 5) is 3.79. The highest BCUT2D eigenvalue weighted by atomic mass is 32.1. The van der Waals surface area contributed by atoms with Gasteiger partial charge >= 0.3 is 0 Å². The summed E-state index contributed by atoms with van der Waals surface area (Å²) in [7, 11) is 0. The molecule has 0 heterocycles. The molecule has 0 radical (unpaired) electrons. The van der Waals surface area contributed by atoms with Crippen LogP contribution in [0.3, 0.4) is 0 Å². The van der Waals surface area contributed by atoms with Crippen LogP contribution in [0.1, 0.15) is 0 Å². The topological polar surface area (TPSA) is 21.6 Å². The molecule has 18 heavy (non-hydrogen) atoms. The van der Waals surface area contributed by atoms with Crippen molar-refractivity contribution >= 4 is 17.4 Å². The second kappa shape index (κ2) is 6.70. The van der Waals surface area contributed by atoms with Gasteiger partial charge in [-0.05, 0) is 35.5 Å². The van der Waals surface area contributed by atoms with Crippen molar-refractivity contribution in [3.8, 4) is 16.9 Å². The summed E-state index contributed by atoms with van der Waals surface area (Å²) in [6, 6.07) is 18.3. The SMILES string of the molecule is S=C=NCCOc1ccc(-c2ccccc2)cc1. The number of hydrogen-bond donors (Lipinski definition) is 0. The van der Waals surface area contributed by atoms with E-state index >= 15 is 0 Å². The Morgan fingerprint density at radius 3 is 2.28 bits per heavy atom. The Morgan fingerprint density at radius 1 is 0.944 bits per heavy atom. The van der Waals surface area contributed by atoms with Gasteiger partial charge in [0.15, 0.2) is 0 Å². The number of isothiocyanates is 1. The summed E-state index contributed by atoms with van der Waals surface area (Å²) >= 11 is 4.48. The molecule has 0 N–H and O–H groups in total. The maximum Gasteiger partial charge on any atom is 0.119 e. The summed E-state index contributed by atoms with van der Waals surface area (Å²) in [6.07, 6.45) is 0. The molecule has 0 spiro atoms. The molecule has 0 aromatic heterocycles. The lowest BCUT2D eigenvalue weighted by atomic mass is 10.1. The lowest BCUT2D eigenvalue weighted by Crippen LogP contribution is -2.00. The van der Waals surface area contributed by atoms with Gasteiger partial charge in [-0.25, -0.2) is 4.99 Å². The number of hydrogen-bond acceptors (Lipinski definition) is 3. The van der Waals surface area contributed by atoms with Crippen LogP contribution in [0.5, 0.6) is 5.75 Å². The van der Waals surface area contributed by atoms with Gasteiger partial charge in [0.2, 0.25) is 0 Å². The van der Waals surface area contributed by atoms with Crippen molar-refractivity contribution in [3.05, 3.63) is 54.6 Å². The summed E-state index contributed by atoms with van der Waals surface area (Å²) in [5.74, 6) is 0.842. The van der Waals surface area contributed by atoms with E-state index in [4.69, 9.17) is 4.74 Å². The first-order valence-electron chi connectivity index (χ1n) is 5.72. The average Bonchev–Trinajstić information content (AvgIpc) is 2.45. The molecular formula is C15H13NOS. The Morgan fingerprint density at radius 2 is 1.61 bits per heavy atom. The van der Waals surface area contributed by atoms with Crippen LogP contribution in [-0.2, 0) is 0 Å². The molecule has 2 aromatic rings. The number of benzene rings is 2. The molecule has 0 unspecified atom stereocenters. The van der Waals surface area contributed by atoms with Crippen molar-refractivity contribution in [2.24, 2.45) is 4.99 Å². The van der Waals surface area contributed by atoms with Crippen molar-refractivity contribution in [2.75, 3.05) is 13.2 Å². The zero-order chi connectivity index (χ0) is 12.6. The smallest absolute Gasteiger partial charge is 0.119 e. The Hall–Kier alpha value is -1.96. The number of nitrogens with zero attached hydrogens (tertiary/aromatic N) is 1. The van der Waals surface area contributed by atoms with Crippen LogP contribution in [0, 0.1) is 0 Å². The second-order valence-corrected chi connectivity index (χ2v) is 3.89. The molecule has 0 amide bonds. The maximum absolute atomic E-state index is 5.52. The highest BCUT2D eigenvalue weighted by Gasteiger charge is 1.97. The highest BCUT2D eigenvalue weighted by Crippen LogP contribution is 2.21. The van der Waals surface area contributed by atoms with Gasteiger partial charge in [0.1, 0.15) is 12.4 Å². The number of aliphatic imine (C=N–C) groups is 1. The normalized spacial score (nSPS) is 9.56. The monoisotopic (exact) mass is 255 g/mol. The molecule has 0 aliphatic heterocycles. The molecule has 0 atom stereocenters. The molecule has 0 fully saturated rings. The maximum atomic E-state index is 5.52. The van der Waals surface area contributed by atoms with E-state index in [9.17, 15) is 0 Å². The van der Waals surface area contributed by atoms with E-state index in [0.717, 1.165) is 5.75 Å². The van der Waals surface area contributed by atoms with Crippen LogP contribution >= 0.6 is 12.2 Å². The van der Waals surface area contributed by atoms with Gasteiger partial charge in [0.25, 0.3) is 0 Å². The van der Waals surface area contributed by atoms with Crippen molar-refractivity contribution in [3.63, 3.8) is 0 Å². The van der Waals surface area contributed by atoms with E-state index in [1.54, 1.807) is 0 Å². The molecule has 2 nitrogen and oxygen atoms in total. The van der Waals surface area contributed by atoms with Gasteiger partial charge in [-0.2, -0.15) is 0 Å². The standard InChI is InChI=1S/C15H13NOS/c18-12-16-10-11-17-15-8-6-14(7-9-15)13-4-2-1-3-5-13/h1-9H,10-11H2. The van der Waals surface area contributed by atoms with Gasteiger partial charge < -0.3 is 4.74 Å². The second-order valence-electron chi connectivity index (χ2n) is 3.71. The predicted octanol–water partition coefficient (Wildman–Crippen LogP) is 3.84. The highest BCUT2D eigenvalue weighted by molar-refractivity contribution is 7.78. The first-order chi connectivity index (χ1) is 8.90. The molecule has 2 aromatic carbocycles. The van der Waals surface area contributed by atoms with Crippen molar-refractivity contribution in [1.29, 1.82) is 0 Å². The molecule has 2 rings (SSSR count). The molecule has 0 aliphatic rings. The first-order valence-corrected chi connectivity index (χ1v) is 6.13. The van der Waals surface area contributed by atoms with E-state index in [0.29, 0.717) is 13.2 Å². The van der Waals surface area contributed by atoms with E-state index in [1.807, 2.05) is 42.5 Å². The first kappa shape index (κ1) is 12.5. The van der Waals surface area contributed by atoms with Crippen LogP contribution < -0.4 is 4.74 Å². The minimum Gasteiger partial charge on any atom is -0.492 e. The molecular weight excluding hydrogens is 242 g/mol. The largest absolute Gasteiger partial charge is 0.492 e. The quantitative estimate of drug-likeness (QED) is 0.460. The third kappa shape index (κ3) is 3.52. The molecule has 3 heteroatoms. The fourth-order valence-corrected chi connectivity index (χ4v) is 1.72. The minimum atomic E-state index is 0.522. The van der Waals surface area contributed by atoms with E-state index in [2.05, 4.69) is 34.5 Å². The molecule has 0 saturated carbocycles. The summed E-state index contributed by atoms with van der Waals surface area (Å²) in [5, 5.41) is 2.31. The lowest BCUT2D eigenvalue weighted by Gasteiger charge is -2.05. The zero-order valence-corrected chi connectivity index (χ0v) is 10.7. The van der Waals surface area contributed by atoms with Gasteiger partial charge in [-0.3, -0.25) is 0 Å². The van der Waals surface area contributed by atoms with Crippen molar-refractivity contribution < 1.29 is 4.74 Å². The van der Waals surface area contributed by atoms with E-state index in [1.165, 1.54) is 11.1 Å². The lowest BCUT2D eigenvalue weighted by molar-refractivity contribution is 0.329. The summed E-state index contributed by atoms with van der Waals surface area (Å²) in [5.41, 5.74) is 2.38. The summed E-state index contributed by atoms with van der Waals surface area (Å²) < 4.78 is 5.52. The average molecular weight is 255 g/mol. The third-order valence-corrected chi connectivity index (χ3v) is 2.63. The summed E-state index contributed by atoms with van der Waals surface area (Å²) in [6.45, 7) is 1.07. The fraction of sp³-hybridized carbons (Fsp3) is 0.133. The third-order valence-electron chi connectivity index (χ3n) is 2.50. The van der Waals surface area contributed by atoms with Crippen LogP contribution in [0.15, 0.2) is 59.6 Å². The Balaban J connectivity index is 1.99. The van der Waals surface area contributed by atoms with Crippen LogP contribution in [0.2, 0.25) is 0 Å². The van der Waals surface area contributed by atoms with Gasteiger partial charge in [-0.15, -0.1) is 0 Å². The molecule has 0 aliphatic carbocycles. The van der Waals surface area contributed by atoms with Gasteiger partial charge in [0.05, 0.1) is 11.7 Å². The molecule has 90 valence electrons. The molecule has 0 saturated heterocycles. The Labute approximate surface area is 112 Å². The van der Waals surface area contributed by atoms with E-state index < -0.39 is 0 Å². The van der Waals surface area contributed by atoms with Crippen LogP contribution in [0.25, 0.3) is 11.1 Å². The molecule has 0 bridgehead atoms. The van der Waals surface area contributed by atoms with Crippen molar-refractivity contribution in [2.45, 2.75) is 0 Å². The van der Waals surface area contributed by atoms with Gasteiger partial charge in [-0.1, -0.05) is 42.5 Å². The Kier molecular flexibility index (Phi) is 4.65. The number of ether oxygens (including phenoxy) is 1. The van der Waals surface area contributed by atoms with Crippen LogP contribution in [-0.4, -0.2) is 18.3 Å². The zero-order valence-electron chi connectivity index (χ0n) is 9.87. The minimum absolute atomic E-state index is 0.522. The number of rotatable bonds is 5.